The Hall–Kier alpha value is -2.45. The van der Waals surface area contributed by atoms with Crippen LogP contribution in [0, 0.1) is 0 Å². The summed E-state index contributed by atoms with van der Waals surface area (Å²) in [6.45, 7) is 1.83. The number of carboxylic acid groups (broad SMARTS) is 1. The van der Waals surface area contributed by atoms with Crippen molar-refractivity contribution in [3.05, 3.63) is 70.3 Å². The molecule has 0 radical (unpaired) electrons. The van der Waals surface area contributed by atoms with Crippen molar-refractivity contribution in [1.82, 2.24) is 9.55 Å². The number of aromatic nitrogens is 2. The quantitative estimate of drug-likeness (QED) is 0.194. The summed E-state index contributed by atoms with van der Waals surface area (Å²) >= 11 is 19.2. The molecule has 2 aromatic carbocycles. The summed E-state index contributed by atoms with van der Waals surface area (Å²) in [5, 5.41) is 11.0. The second-order valence-corrected chi connectivity index (χ2v) is 10.0. The highest BCUT2D eigenvalue weighted by Crippen LogP contribution is 2.37. The van der Waals surface area contributed by atoms with Crippen molar-refractivity contribution in [2.75, 3.05) is 11.8 Å². The molecule has 10 heteroatoms. The molecule has 1 N–H and O–H groups in total. The summed E-state index contributed by atoms with van der Waals surface area (Å²) in [7, 11) is 0. The number of carboxylic acids is 1. The van der Waals surface area contributed by atoms with Gasteiger partial charge in [-0.1, -0.05) is 29.8 Å². The number of carbonyl (C=O) groups is 1. The molecule has 0 saturated heterocycles. The largest absolute Gasteiger partial charge is 0.490 e. The Kier molecular flexibility index (Phi) is 8.44. The number of aromatic carboxylic acids is 1. The van der Waals surface area contributed by atoms with Crippen LogP contribution >= 0.6 is 46.1 Å². The minimum absolute atomic E-state index is 0.0922. The number of rotatable bonds is 11. The van der Waals surface area contributed by atoms with Crippen LogP contribution in [0.15, 0.2) is 54.9 Å². The molecule has 4 rings (SSSR count). The minimum Gasteiger partial charge on any atom is -0.490 e. The summed E-state index contributed by atoms with van der Waals surface area (Å²) in [5.74, 6) is 0.817. The van der Waals surface area contributed by atoms with E-state index < -0.39 is 12.1 Å². The van der Waals surface area contributed by atoms with Crippen LogP contribution in [0.2, 0.25) is 5.02 Å². The first-order valence-corrected chi connectivity index (χ1v) is 13.2. The molecule has 4 aromatic rings. The van der Waals surface area contributed by atoms with Gasteiger partial charge in [0.1, 0.15) is 35.0 Å². The number of ether oxygens (including phenoxy) is 2. The van der Waals surface area contributed by atoms with Crippen LogP contribution in [0.3, 0.4) is 0 Å². The number of imidazole rings is 1. The Morgan fingerprint density at radius 2 is 1.86 bits per heavy atom. The van der Waals surface area contributed by atoms with E-state index in [1.54, 1.807) is 18.5 Å². The number of hydrogen-bond donors (Lipinski definition) is 1. The van der Waals surface area contributed by atoms with Gasteiger partial charge >= 0.3 is 5.97 Å². The van der Waals surface area contributed by atoms with Gasteiger partial charge in [0.2, 0.25) is 0 Å². The minimum atomic E-state index is -1.07. The van der Waals surface area contributed by atoms with Gasteiger partial charge < -0.3 is 14.6 Å². The van der Waals surface area contributed by atoms with Crippen LogP contribution in [0.25, 0.3) is 16.0 Å². The molecule has 0 aliphatic carbocycles. The van der Waals surface area contributed by atoms with Crippen molar-refractivity contribution in [2.45, 2.75) is 32.0 Å². The summed E-state index contributed by atoms with van der Waals surface area (Å²) in [5.41, 5.74) is 2.30. The lowest BCUT2D eigenvalue weighted by Crippen LogP contribution is -2.17. The molecule has 0 amide bonds. The number of nitrogens with zero attached hydrogens (tertiary/aromatic N) is 2. The average molecular weight is 554 g/mol. The molecule has 184 valence electrons. The van der Waals surface area contributed by atoms with Crippen LogP contribution in [0.4, 0.5) is 0 Å². The first-order valence-electron chi connectivity index (χ1n) is 11.0. The third kappa shape index (κ3) is 5.86. The molecule has 1 atom stereocenters. The molecule has 0 aliphatic rings. The fourth-order valence-electron chi connectivity index (χ4n) is 3.71. The number of halogens is 3. The monoisotopic (exact) mass is 552 g/mol. The Morgan fingerprint density at radius 3 is 2.54 bits per heavy atom. The lowest BCUT2D eigenvalue weighted by atomic mass is 10.1. The van der Waals surface area contributed by atoms with E-state index in [1.807, 2.05) is 47.9 Å². The fourth-order valence-corrected chi connectivity index (χ4v) is 5.40. The second-order valence-electron chi connectivity index (χ2n) is 7.83. The third-order valence-corrected chi connectivity index (χ3v) is 7.33. The van der Waals surface area contributed by atoms with Crippen LogP contribution in [0.1, 0.15) is 41.1 Å². The zero-order valence-electron chi connectivity index (χ0n) is 18.8. The van der Waals surface area contributed by atoms with Gasteiger partial charge in [0.25, 0.3) is 0 Å². The topological polar surface area (TPSA) is 73.6 Å². The van der Waals surface area contributed by atoms with Crippen LogP contribution < -0.4 is 9.47 Å². The molecular formula is C25H23Cl3N2O4S. The Morgan fingerprint density at radius 1 is 1.11 bits per heavy atom. The van der Waals surface area contributed by atoms with E-state index >= 15 is 0 Å². The molecular weight excluding hydrogens is 531 g/mol. The standard InChI is InChI=1S/C25H23Cl3N2O4S/c1-15(18-4-2-3-5-19(18)28)33-22-13-23(35-24(22)25(31)32)30-14-29-20-7-6-17(12-21(20)30)34-16(8-10-26)9-11-27/h2-7,12-16H,8-11H2,1H3,(H,31,32)/t15-/m1/s1. The van der Waals surface area contributed by atoms with Gasteiger partial charge in [-0.25, -0.2) is 9.78 Å². The van der Waals surface area contributed by atoms with Crippen molar-refractivity contribution in [3.63, 3.8) is 0 Å². The third-order valence-electron chi connectivity index (χ3n) is 5.45. The molecule has 0 aliphatic heterocycles. The van der Waals surface area contributed by atoms with Crippen molar-refractivity contribution in [1.29, 1.82) is 0 Å². The lowest BCUT2D eigenvalue weighted by Gasteiger charge is -2.17. The molecule has 6 nitrogen and oxygen atoms in total. The highest BCUT2D eigenvalue weighted by Gasteiger charge is 2.22. The number of hydrogen-bond acceptors (Lipinski definition) is 5. The fraction of sp³-hybridized carbons (Fsp3) is 0.280. The van der Waals surface area contributed by atoms with Gasteiger partial charge in [0.05, 0.1) is 11.0 Å². The molecule has 0 unspecified atom stereocenters. The molecule has 2 aromatic heterocycles. The van der Waals surface area contributed by atoms with Gasteiger partial charge in [-0.05, 0) is 38.0 Å². The summed E-state index contributed by atoms with van der Waals surface area (Å²) < 4.78 is 14.0. The van der Waals surface area contributed by atoms with Gasteiger partial charge in [-0.15, -0.1) is 34.5 Å². The molecule has 0 saturated carbocycles. The van der Waals surface area contributed by atoms with Crippen LogP contribution in [-0.2, 0) is 0 Å². The highest BCUT2D eigenvalue weighted by molar-refractivity contribution is 7.16. The van der Waals surface area contributed by atoms with Crippen molar-refractivity contribution in [3.8, 4) is 16.5 Å². The van der Waals surface area contributed by atoms with Crippen molar-refractivity contribution < 1.29 is 19.4 Å². The maximum atomic E-state index is 12.0. The summed E-state index contributed by atoms with van der Waals surface area (Å²) in [6.07, 6.45) is 2.49. The normalized spacial score (nSPS) is 12.3. The molecule has 0 bridgehead atoms. The second kappa shape index (κ2) is 11.5. The first-order chi connectivity index (χ1) is 16.9. The van der Waals surface area contributed by atoms with E-state index in [-0.39, 0.29) is 16.7 Å². The maximum absolute atomic E-state index is 12.0. The average Bonchev–Trinajstić information content (AvgIpc) is 3.43. The van der Waals surface area contributed by atoms with Gasteiger partial charge in [-0.2, -0.15) is 0 Å². The number of benzene rings is 2. The molecule has 0 spiro atoms. The number of fused-ring (bicyclic) bond motifs is 1. The first kappa shape index (κ1) is 25.6. The maximum Gasteiger partial charge on any atom is 0.349 e. The van der Waals surface area contributed by atoms with Gasteiger partial charge in [0.15, 0.2) is 4.88 Å². The molecule has 2 heterocycles. The van der Waals surface area contributed by atoms with Crippen molar-refractivity contribution in [2.24, 2.45) is 0 Å². The Balaban J connectivity index is 1.66. The van der Waals surface area contributed by atoms with Crippen LogP contribution in [-0.4, -0.2) is 38.5 Å². The van der Waals surface area contributed by atoms with E-state index in [4.69, 9.17) is 44.3 Å². The summed E-state index contributed by atoms with van der Waals surface area (Å²) in [4.78, 5) is 16.5. The van der Waals surface area contributed by atoms with E-state index in [2.05, 4.69) is 4.98 Å². The van der Waals surface area contributed by atoms with Crippen molar-refractivity contribution >= 4 is 63.1 Å². The van der Waals surface area contributed by atoms with E-state index in [1.165, 1.54) is 0 Å². The molecule has 0 fully saturated rings. The van der Waals surface area contributed by atoms with Gasteiger partial charge in [0, 0.05) is 34.5 Å². The van der Waals surface area contributed by atoms with Gasteiger partial charge in [-0.3, -0.25) is 4.57 Å². The summed E-state index contributed by atoms with van der Waals surface area (Å²) in [6, 6.07) is 14.6. The number of alkyl halides is 2. The smallest absolute Gasteiger partial charge is 0.349 e. The van der Waals surface area contributed by atoms with E-state index in [0.29, 0.717) is 40.4 Å². The molecule has 35 heavy (non-hydrogen) atoms. The zero-order valence-corrected chi connectivity index (χ0v) is 21.9. The highest BCUT2D eigenvalue weighted by atomic mass is 35.5. The number of thiophene rings is 1. The lowest BCUT2D eigenvalue weighted by molar-refractivity contribution is 0.0696. The Bertz CT molecular complexity index is 1320. The zero-order chi connectivity index (χ0) is 24.9. The Labute approximate surface area is 222 Å². The van der Waals surface area contributed by atoms with E-state index in [0.717, 1.165) is 27.9 Å². The predicted octanol–water partition coefficient (Wildman–Crippen LogP) is 7.58. The SMILES string of the molecule is C[C@@H](Oc1cc(-n2cnc3ccc(OC(CCCl)CCCl)cc32)sc1C(=O)O)c1ccccc1Cl. The van der Waals surface area contributed by atoms with E-state index in [9.17, 15) is 9.90 Å². The predicted molar refractivity (Wildman–Crippen MR) is 141 cm³/mol. The van der Waals surface area contributed by atoms with Crippen LogP contribution in [0.5, 0.6) is 11.5 Å².